The summed E-state index contributed by atoms with van der Waals surface area (Å²) in [6.07, 6.45) is 4.46. The molecule has 0 aromatic carbocycles. The second kappa shape index (κ2) is 8.80. The van der Waals surface area contributed by atoms with E-state index in [2.05, 4.69) is 9.47 Å². The highest BCUT2D eigenvalue weighted by atomic mass is 16.5. The maximum atomic E-state index is 10.7. The smallest absolute Gasteiger partial charge is 0.333 e. The third-order valence-electron chi connectivity index (χ3n) is 1.14. The second-order valence-electron chi connectivity index (χ2n) is 2.25. The lowest BCUT2D eigenvalue weighted by atomic mass is 10.6. The number of hydrogen-bond acceptors (Lipinski definition) is 5. The van der Waals surface area contributed by atoms with Crippen LogP contribution in [0.25, 0.3) is 0 Å². The zero-order valence-corrected chi connectivity index (χ0v) is 8.76. The zero-order chi connectivity index (χ0) is 11.5. The second-order valence-corrected chi connectivity index (χ2v) is 2.25. The molecule has 0 aliphatic heterocycles. The minimum absolute atomic E-state index is 0.307. The molecule has 0 saturated carbocycles. The summed E-state index contributed by atoms with van der Waals surface area (Å²) in [5.41, 5.74) is 0. The van der Waals surface area contributed by atoms with Crippen LogP contribution in [0, 0.1) is 0 Å². The molecule has 0 aliphatic rings. The lowest BCUT2D eigenvalue weighted by Crippen LogP contribution is -1.99. The Labute approximate surface area is 88.3 Å². The Morgan fingerprint density at radius 3 is 1.67 bits per heavy atom. The van der Waals surface area contributed by atoms with Crippen molar-refractivity contribution in [3.63, 3.8) is 0 Å². The van der Waals surface area contributed by atoms with E-state index < -0.39 is 11.9 Å². The quantitative estimate of drug-likeness (QED) is 0.377. The summed E-state index contributed by atoms with van der Waals surface area (Å²) in [4.78, 5) is 21.5. The molecule has 0 radical (unpaired) electrons. The van der Waals surface area contributed by atoms with Crippen molar-refractivity contribution in [1.82, 2.24) is 0 Å². The van der Waals surface area contributed by atoms with Gasteiger partial charge in [0.15, 0.2) is 0 Å². The summed E-state index contributed by atoms with van der Waals surface area (Å²) in [5.74, 6) is -0.996. The fraction of sp³-hybridized carbons (Fsp3) is 0.400. The van der Waals surface area contributed by atoms with Crippen molar-refractivity contribution in [2.24, 2.45) is 0 Å². The summed E-state index contributed by atoms with van der Waals surface area (Å²) >= 11 is 0. The van der Waals surface area contributed by atoms with Gasteiger partial charge in [0.25, 0.3) is 0 Å². The first-order valence-corrected chi connectivity index (χ1v) is 4.52. The molecule has 0 N–H and O–H groups in total. The SMILES string of the molecule is CCOC(=O)/C=C/O/C=C/C(=O)OCC. The summed E-state index contributed by atoms with van der Waals surface area (Å²) in [7, 11) is 0. The molecule has 0 rings (SSSR count). The molecule has 0 unspecified atom stereocenters. The van der Waals surface area contributed by atoms with Gasteiger partial charge in [-0.3, -0.25) is 0 Å². The van der Waals surface area contributed by atoms with Gasteiger partial charge in [0.2, 0.25) is 0 Å². The van der Waals surface area contributed by atoms with Crippen LogP contribution in [-0.4, -0.2) is 25.2 Å². The molecule has 0 atom stereocenters. The molecule has 0 aromatic rings. The van der Waals surface area contributed by atoms with Crippen LogP contribution < -0.4 is 0 Å². The average molecular weight is 214 g/mol. The summed E-state index contributed by atoms with van der Waals surface area (Å²) < 4.78 is 13.9. The molecule has 15 heavy (non-hydrogen) atoms. The van der Waals surface area contributed by atoms with Crippen molar-refractivity contribution < 1.29 is 23.8 Å². The molecule has 84 valence electrons. The van der Waals surface area contributed by atoms with E-state index >= 15 is 0 Å². The normalized spacial score (nSPS) is 10.5. The minimum atomic E-state index is -0.498. The molecular formula is C10H14O5. The van der Waals surface area contributed by atoms with Gasteiger partial charge >= 0.3 is 11.9 Å². The number of esters is 2. The topological polar surface area (TPSA) is 61.8 Å². The fourth-order valence-electron chi connectivity index (χ4n) is 0.616. The standard InChI is InChI=1S/C10H14O5/c1-3-14-9(11)5-7-13-8-6-10(12)15-4-2/h5-8H,3-4H2,1-2H3/b7-5+,8-6+. The Morgan fingerprint density at radius 2 is 1.33 bits per heavy atom. The van der Waals surface area contributed by atoms with Gasteiger partial charge in [0, 0.05) is 0 Å². The van der Waals surface area contributed by atoms with Gasteiger partial charge in [0.1, 0.15) is 0 Å². The van der Waals surface area contributed by atoms with E-state index in [4.69, 9.17) is 4.74 Å². The van der Waals surface area contributed by atoms with Crippen molar-refractivity contribution >= 4 is 11.9 Å². The van der Waals surface area contributed by atoms with E-state index in [1.807, 2.05) is 0 Å². The van der Waals surface area contributed by atoms with Gasteiger partial charge in [-0.1, -0.05) is 0 Å². The van der Waals surface area contributed by atoms with Crippen LogP contribution in [0.4, 0.5) is 0 Å². The lowest BCUT2D eigenvalue weighted by molar-refractivity contribution is -0.138. The minimum Gasteiger partial charge on any atom is -0.472 e. The monoisotopic (exact) mass is 214 g/mol. The first kappa shape index (κ1) is 13.2. The summed E-state index contributed by atoms with van der Waals surface area (Å²) in [6, 6.07) is 0. The molecule has 0 fully saturated rings. The van der Waals surface area contributed by atoms with Crippen LogP contribution in [0.2, 0.25) is 0 Å². The molecular weight excluding hydrogens is 200 g/mol. The number of carbonyl (C=O) groups is 2. The van der Waals surface area contributed by atoms with Crippen molar-refractivity contribution in [1.29, 1.82) is 0 Å². The molecule has 5 heteroatoms. The van der Waals surface area contributed by atoms with Gasteiger partial charge in [-0.2, -0.15) is 0 Å². The van der Waals surface area contributed by atoms with Gasteiger partial charge < -0.3 is 14.2 Å². The molecule has 0 spiro atoms. The molecule has 0 amide bonds. The maximum absolute atomic E-state index is 10.7. The lowest BCUT2D eigenvalue weighted by Gasteiger charge is -1.95. The first-order chi connectivity index (χ1) is 7.20. The van der Waals surface area contributed by atoms with Crippen LogP contribution >= 0.6 is 0 Å². The van der Waals surface area contributed by atoms with Crippen molar-refractivity contribution in [3.05, 3.63) is 24.7 Å². The molecule has 5 nitrogen and oxygen atoms in total. The first-order valence-electron chi connectivity index (χ1n) is 4.52. The number of rotatable bonds is 6. The van der Waals surface area contributed by atoms with Crippen LogP contribution in [0.15, 0.2) is 24.7 Å². The van der Waals surface area contributed by atoms with Crippen molar-refractivity contribution in [2.45, 2.75) is 13.8 Å². The third kappa shape index (κ3) is 8.55. The van der Waals surface area contributed by atoms with Crippen molar-refractivity contribution in [2.75, 3.05) is 13.2 Å². The number of hydrogen-bond donors (Lipinski definition) is 0. The number of carbonyl (C=O) groups excluding carboxylic acids is 2. The number of ether oxygens (including phenoxy) is 3. The van der Waals surface area contributed by atoms with Gasteiger partial charge in [0.05, 0.1) is 37.9 Å². The zero-order valence-electron chi connectivity index (χ0n) is 8.76. The van der Waals surface area contributed by atoms with Crippen LogP contribution in [-0.2, 0) is 23.8 Å². The third-order valence-corrected chi connectivity index (χ3v) is 1.14. The molecule has 0 aliphatic carbocycles. The fourth-order valence-corrected chi connectivity index (χ4v) is 0.616. The highest BCUT2D eigenvalue weighted by molar-refractivity contribution is 5.82. The Hall–Kier alpha value is -1.78. The summed E-state index contributed by atoms with van der Waals surface area (Å²) in [6.45, 7) is 4.02. The molecule has 0 heterocycles. The van der Waals surface area contributed by atoms with E-state index in [1.165, 1.54) is 0 Å². The maximum Gasteiger partial charge on any atom is 0.333 e. The summed E-state index contributed by atoms with van der Waals surface area (Å²) in [5, 5.41) is 0. The van der Waals surface area contributed by atoms with Crippen molar-refractivity contribution in [3.8, 4) is 0 Å². The predicted octanol–water partition coefficient (Wildman–Crippen LogP) is 1.16. The highest BCUT2D eigenvalue weighted by Crippen LogP contribution is 1.86. The van der Waals surface area contributed by atoms with E-state index in [0.29, 0.717) is 13.2 Å². The molecule has 0 saturated heterocycles. The predicted molar refractivity (Wildman–Crippen MR) is 52.6 cm³/mol. The largest absolute Gasteiger partial charge is 0.472 e. The Balaban J connectivity index is 3.68. The van der Waals surface area contributed by atoms with Gasteiger partial charge in [-0.15, -0.1) is 0 Å². The Bertz CT molecular complexity index is 229. The van der Waals surface area contributed by atoms with Crippen LogP contribution in [0.1, 0.15) is 13.8 Å². The van der Waals surface area contributed by atoms with E-state index in [0.717, 1.165) is 24.7 Å². The average Bonchev–Trinajstić information content (AvgIpc) is 2.18. The Morgan fingerprint density at radius 1 is 0.933 bits per heavy atom. The molecule has 0 aromatic heterocycles. The highest BCUT2D eigenvalue weighted by Gasteiger charge is 1.93. The van der Waals surface area contributed by atoms with Crippen LogP contribution in [0.5, 0.6) is 0 Å². The van der Waals surface area contributed by atoms with Crippen LogP contribution in [0.3, 0.4) is 0 Å². The van der Waals surface area contributed by atoms with E-state index in [1.54, 1.807) is 13.8 Å². The molecule has 0 bridgehead atoms. The van der Waals surface area contributed by atoms with Gasteiger partial charge in [-0.05, 0) is 13.8 Å². The Kier molecular flexibility index (Phi) is 7.76. The van der Waals surface area contributed by atoms with E-state index in [9.17, 15) is 9.59 Å². The van der Waals surface area contributed by atoms with Gasteiger partial charge in [-0.25, -0.2) is 9.59 Å². The van der Waals surface area contributed by atoms with E-state index in [-0.39, 0.29) is 0 Å².